The van der Waals surface area contributed by atoms with Gasteiger partial charge in [0.15, 0.2) is 5.17 Å². The van der Waals surface area contributed by atoms with Gasteiger partial charge in [0.25, 0.3) is 0 Å². The molecule has 0 aliphatic heterocycles. The molecular formula is C14H12ClNO. The van der Waals surface area contributed by atoms with E-state index < -0.39 is 0 Å². The molecule has 0 bridgehead atoms. The van der Waals surface area contributed by atoms with Crippen LogP contribution >= 0.6 is 11.6 Å². The number of hydrogen-bond acceptors (Lipinski definition) is 2. The van der Waals surface area contributed by atoms with Crippen LogP contribution in [0.4, 0.5) is 0 Å². The molecule has 1 N–H and O–H groups in total. The fraction of sp³-hybridized carbons (Fsp3) is 0.0714. The van der Waals surface area contributed by atoms with Crippen molar-refractivity contribution in [1.29, 1.82) is 0 Å². The van der Waals surface area contributed by atoms with Crippen molar-refractivity contribution in [3.05, 3.63) is 71.8 Å². The van der Waals surface area contributed by atoms with Crippen LogP contribution in [0.5, 0.6) is 0 Å². The average Bonchev–Trinajstić information content (AvgIpc) is 2.41. The molecule has 2 rings (SSSR count). The summed E-state index contributed by atoms with van der Waals surface area (Å²) in [4.78, 5) is 0. The molecule has 2 aromatic rings. The predicted octanol–water partition coefficient (Wildman–Crippen LogP) is 3.85. The second-order valence-corrected chi connectivity index (χ2v) is 4.06. The Morgan fingerprint density at radius 2 is 1.29 bits per heavy atom. The molecule has 0 saturated heterocycles. The molecule has 0 aliphatic rings. The topological polar surface area (TPSA) is 32.6 Å². The quantitative estimate of drug-likeness (QED) is 0.497. The molecule has 0 amide bonds. The van der Waals surface area contributed by atoms with E-state index in [0.717, 1.165) is 11.1 Å². The zero-order chi connectivity index (χ0) is 12.1. The first kappa shape index (κ1) is 11.7. The van der Waals surface area contributed by atoms with E-state index in [-0.39, 0.29) is 11.1 Å². The summed E-state index contributed by atoms with van der Waals surface area (Å²) in [6, 6.07) is 19.5. The van der Waals surface area contributed by atoms with Crippen molar-refractivity contribution in [1.82, 2.24) is 0 Å². The lowest BCUT2D eigenvalue weighted by Crippen LogP contribution is -2.08. The zero-order valence-corrected chi connectivity index (χ0v) is 9.88. The maximum absolute atomic E-state index is 8.88. The van der Waals surface area contributed by atoms with Crippen LogP contribution in [0.15, 0.2) is 65.8 Å². The Hall–Kier alpha value is -1.80. The highest BCUT2D eigenvalue weighted by atomic mass is 35.5. The summed E-state index contributed by atoms with van der Waals surface area (Å²) >= 11 is 6.00. The first-order chi connectivity index (χ1) is 8.33. The Morgan fingerprint density at radius 3 is 1.65 bits per heavy atom. The Morgan fingerprint density at radius 1 is 0.882 bits per heavy atom. The van der Waals surface area contributed by atoms with Crippen LogP contribution in [0.1, 0.15) is 17.0 Å². The number of nitrogens with zero attached hydrogens (tertiary/aromatic N) is 1. The molecule has 0 aromatic heterocycles. The van der Waals surface area contributed by atoms with Gasteiger partial charge in [-0.1, -0.05) is 77.4 Å². The molecule has 0 saturated carbocycles. The molecule has 0 spiro atoms. The predicted molar refractivity (Wildman–Crippen MR) is 69.8 cm³/mol. The zero-order valence-electron chi connectivity index (χ0n) is 9.12. The molecule has 0 radical (unpaired) electrons. The van der Waals surface area contributed by atoms with Crippen molar-refractivity contribution in [2.75, 3.05) is 0 Å². The van der Waals surface area contributed by atoms with Gasteiger partial charge < -0.3 is 5.21 Å². The number of halogens is 1. The highest BCUT2D eigenvalue weighted by Gasteiger charge is 2.19. The summed E-state index contributed by atoms with van der Waals surface area (Å²) in [6.07, 6.45) is 0. The minimum absolute atomic E-state index is 0.169. The van der Waals surface area contributed by atoms with E-state index >= 15 is 0 Å². The van der Waals surface area contributed by atoms with Crippen molar-refractivity contribution in [3.63, 3.8) is 0 Å². The molecule has 0 unspecified atom stereocenters. The number of hydrogen-bond donors (Lipinski definition) is 1. The molecule has 0 aliphatic carbocycles. The van der Waals surface area contributed by atoms with E-state index in [1.165, 1.54) is 0 Å². The van der Waals surface area contributed by atoms with Gasteiger partial charge >= 0.3 is 0 Å². The molecule has 86 valence electrons. The third-order valence-corrected chi connectivity index (χ3v) is 2.89. The molecule has 17 heavy (non-hydrogen) atoms. The second-order valence-electron chi connectivity index (χ2n) is 3.68. The fourth-order valence-electron chi connectivity index (χ4n) is 1.82. The van der Waals surface area contributed by atoms with Gasteiger partial charge in [-0.15, -0.1) is 0 Å². The van der Waals surface area contributed by atoms with Gasteiger partial charge in [-0.3, -0.25) is 0 Å². The van der Waals surface area contributed by atoms with Gasteiger partial charge in [0.1, 0.15) is 0 Å². The summed E-state index contributed by atoms with van der Waals surface area (Å²) < 4.78 is 0. The smallest absolute Gasteiger partial charge is 0.157 e. The van der Waals surface area contributed by atoms with Crippen molar-refractivity contribution in [2.45, 2.75) is 5.92 Å². The first-order valence-corrected chi connectivity index (χ1v) is 5.68. The minimum atomic E-state index is -0.218. The fourth-order valence-corrected chi connectivity index (χ4v) is 2.07. The second kappa shape index (κ2) is 5.51. The highest BCUT2D eigenvalue weighted by molar-refractivity contribution is 6.66. The molecule has 0 fully saturated rings. The van der Waals surface area contributed by atoms with Crippen LogP contribution in [-0.4, -0.2) is 10.4 Å². The van der Waals surface area contributed by atoms with Crippen LogP contribution in [0.3, 0.4) is 0 Å². The van der Waals surface area contributed by atoms with E-state index in [2.05, 4.69) is 5.16 Å². The molecular weight excluding hydrogens is 234 g/mol. The molecule has 2 nitrogen and oxygen atoms in total. The Balaban J connectivity index is 2.47. The molecule has 0 heterocycles. The Bertz CT molecular complexity index is 457. The van der Waals surface area contributed by atoms with Gasteiger partial charge in [-0.25, -0.2) is 0 Å². The van der Waals surface area contributed by atoms with E-state index in [0.29, 0.717) is 0 Å². The van der Waals surface area contributed by atoms with Crippen LogP contribution in [-0.2, 0) is 0 Å². The lowest BCUT2D eigenvalue weighted by molar-refractivity contribution is 0.319. The van der Waals surface area contributed by atoms with E-state index in [4.69, 9.17) is 16.8 Å². The third kappa shape index (κ3) is 2.66. The van der Waals surface area contributed by atoms with Gasteiger partial charge in [0.2, 0.25) is 0 Å². The summed E-state index contributed by atoms with van der Waals surface area (Å²) in [5, 5.41) is 12.2. The first-order valence-electron chi connectivity index (χ1n) is 5.30. The van der Waals surface area contributed by atoms with E-state index in [1.54, 1.807) is 0 Å². The monoisotopic (exact) mass is 245 g/mol. The van der Waals surface area contributed by atoms with Gasteiger partial charge in [-0.05, 0) is 11.1 Å². The number of oxime groups is 1. The average molecular weight is 246 g/mol. The van der Waals surface area contributed by atoms with Crippen LogP contribution in [0.25, 0.3) is 0 Å². The largest absolute Gasteiger partial charge is 0.410 e. The minimum Gasteiger partial charge on any atom is -0.410 e. The maximum atomic E-state index is 8.88. The normalized spacial score (nSPS) is 11.8. The summed E-state index contributed by atoms with van der Waals surface area (Å²) in [6.45, 7) is 0. The lowest BCUT2D eigenvalue weighted by Gasteiger charge is -2.15. The van der Waals surface area contributed by atoms with Crippen LogP contribution in [0, 0.1) is 0 Å². The number of rotatable bonds is 3. The SMILES string of the molecule is ON=C(Cl)C(c1ccccc1)c1ccccc1. The van der Waals surface area contributed by atoms with E-state index in [9.17, 15) is 0 Å². The summed E-state index contributed by atoms with van der Waals surface area (Å²) in [5.41, 5.74) is 2.00. The highest BCUT2D eigenvalue weighted by Crippen LogP contribution is 2.27. The third-order valence-electron chi connectivity index (χ3n) is 2.60. The van der Waals surface area contributed by atoms with Crippen molar-refractivity contribution in [3.8, 4) is 0 Å². The van der Waals surface area contributed by atoms with Crippen molar-refractivity contribution >= 4 is 16.8 Å². The standard InChI is InChI=1S/C14H12ClNO/c15-14(16-17)13(11-7-3-1-4-8-11)12-9-5-2-6-10-12/h1-10,13,17H. The molecule has 0 atom stereocenters. The molecule has 2 aromatic carbocycles. The lowest BCUT2D eigenvalue weighted by atomic mass is 9.92. The van der Waals surface area contributed by atoms with Crippen LogP contribution in [0.2, 0.25) is 0 Å². The number of benzene rings is 2. The Kier molecular flexibility index (Phi) is 3.78. The van der Waals surface area contributed by atoms with Crippen molar-refractivity contribution in [2.24, 2.45) is 5.16 Å². The van der Waals surface area contributed by atoms with Crippen LogP contribution < -0.4 is 0 Å². The Labute approximate surface area is 105 Å². The van der Waals surface area contributed by atoms with Crippen molar-refractivity contribution < 1.29 is 5.21 Å². The van der Waals surface area contributed by atoms with E-state index in [1.807, 2.05) is 60.7 Å². The summed E-state index contributed by atoms with van der Waals surface area (Å²) in [5.74, 6) is -0.218. The summed E-state index contributed by atoms with van der Waals surface area (Å²) in [7, 11) is 0. The maximum Gasteiger partial charge on any atom is 0.157 e. The molecule has 3 heteroatoms. The van der Waals surface area contributed by atoms with Gasteiger partial charge in [0, 0.05) is 0 Å². The van der Waals surface area contributed by atoms with Gasteiger partial charge in [0.05, 0.1) is 5.92 Å². The van der Waals surface area contributed by atoms with Gasteiger partial charge in [-0.2, -0.15) is 0 Å².